The summed E-state index contributed by atoms with van der Waals surface area (Å²) in [4.78, 5) is 24.7. The maximum Gasteiger partial charge on any atom is 0.237 e. The summed E-state index contributed by atoms with van der Waals surface area (Å²) in [6, 6.07) is 2.73. The van der Waals surface area contributed by atoms with Crippen LogP contribution in [-0.4, -0.2) is 16.9 Å². The van der Waals surface area contributed by atoms with Crippen LogP contribution < -0.4 is 4.90 Å². The number of carbonyl (C=O) groups excluding carboxylic acids is 2. The fourth-order valence-electron chi connectivity index (χ4n) is 2.12. The van der Waals surface area contributed by atoms with Gasteiger partial charge in [-0.05, 0) is 18.6 Å². The summed E-state index contributed by atoms with van der Waals surface area (Å²) >= 11 is 11.5. The molecule has 17 heavy (non-hydrogen) atoms. The number of phenolic OH excluding ortho intramolecular Hbond substituents is 1. The van der Waals surface area contributed by atoms with E-state index in [-0.39, 0.29) is 39.4 Å². The maximum atomic E-state index is 11.8. The predicted octanol–water partition coefficient (Wildman–Crippen LogP) is 2.21. The van der Waals surface area contributed by atoms with Crippen molar-refractivity contribution in [3.63, 3.8) is 0 Å². The van der Waals surface area contributed by atoms with Gasteiger partial charge in [0.25, 0.3) is 0 Å². The van der Waals surface area contributed by atoms with Gasteiger partial charge >= 0.3 is 0 Å². The summed E-state index contributed by atoms with van der Waals surface area (Å²) in [7, 11) is 0. The zero-order chi connectivity index (χ0) is 12.3. The average Bonchev–Trinajstić information content (AvgIpc) is 3.01. The number of piperidine rings is 1. The number of nitrogens with zero attached hydrogens (tertiary/aromatic N) is 1. The molecule has 1 aliphatic carbocycles. The summed E-state index contributed by atoms with van der Waals surface area (Å²) in [5.41, 5.74) is 0.319. The summed E-state index contributed by atoms with van der Waals surface area (Å²) in [5, 5.41) is 9.46. The van der Waals surface area contributed by atoms with Crippen LogP contribution in [0.2, 0.25) is 10.0 Å². The van der Waals surface area contributed by atoms with Crippen molar-refractivity contribution in [1.82, 2.24) is 0 Å². The number of benzene rings is 1. The molecule has 3 rings (SSSR count). The number of carbonyl (C=O) groups is 2. The molecule has 4 nitrogen and oxygen atoms in total. The van der Waals surface area contributed by atoms with Crippen LogP contribution in [0.4, 0.5) is 5.69 Å². The molecular weight excluding hydrogens is 265 g/mol. The molecule has 0 aromatic heterocycles. The molecule has 2 unspecified atom stereocenters. The highest BCUT2D eigenvalue weighted by Gasteiger charge is 2.59. The lowest BCUT2D eigenvalue weighted by Gasteiger charge is -2.17. The fourth-order valence-corrected chi connectivity index (χ4v) is 2.59. The zero-order valence-electron chi connectivity index (χ0n) is 8.48. The molecule has 1 saturated carbocycles. The van der Waals surface area contributed by atoms with Crippen molar-refractivity contribution in [1.29, 1.82) is 0 Å². The molecule has 2 atom stereocenters. The molecule has 0 spiro atoms. The maximum absolute atomic E-state index is 11.8. The van der Waals surface area contributed by atoms with Crippen molar-refractivity contribution in [2.45, 2.75) is 6.42 Å². The lowest BCUT2D eigenvalue weighted by Crippen LogP contribution is -2.32. The van der Waals surface area contributed by atoms with Gasteiger partial charge in [-0.15, -0.1) is 0 Å². The first-order chi connectivity index (χ1) is 8.00. The van der Waals surface area contributed by atoms with Crippen LogP contribution in [0.5, 0.6) is 5.75 Å². The first-order valence-corrected chi connectivity index (χ1v) is 5.82. The van der Waals surface area contributed by atoms with E-state index in [1.165, 1.54) is 12.1 Å². The van der Waals surface area contributed by atoms with Gasteiger partial charge in [-0.3, -0.25) is 9.59 Å². The van der Waals surface area contributed by atoms with E-state index < -0.39 is 0 Å². The monoisotopic (exact) mass is 271 g/mol. The third-order valence-corrected chi connectivity index (χ3v) is 3.70. The highest BCUT2D eigenvalue weighted by Crippen LogP contribution is 2.49. The number of halogens is 2. The Bertz CT molecular complexity index is 515. The Morgan fingerprint density at radius 1 is 1.12 bits per heavy atom. The SMILES string of the molecule is O=C1C2CC2C(=O)N1c1cc(Cl)c(O)c(Cl)c1. The lowest BCUT2D eigenvalue weighted by atomic mass is 10.2. The summed E-state index contributed by atoms with van der Waals surface area (Å²) < 4.78 is 0. The van der Waals surface area contributed by atoms with E-state index in [1.807, 2.05) is 0 Å². The Labute approximate surface area is 107 Å². The third-order valence-electron chi connectivity index (χ3n) is 3.13. The molecule has 1 aromatic rings. The van der Waals surface area contributed by atoms with E-state index in [0.717, 1.165) is 4.90 Å². The number of phenols is 1. The second-order valence-electron chi connectivity index (χ2n) is 4.22. The minimum atomic E-state index is -0.249. The van der Waals surface area contributed by atoms with Gasteiger partial charge < -0.3 is 5.11 Å². The number of fused-ring (bicyclic) bond motifs is 1. The lowest BCUT2D eigenvalue weighted by molar-refractivity contribution is -0.123. The average molecular weight is 272 g/mol. The van der Waals surface area contributed by atoms with Crippen molar-refractivity contribution < 1.29 is 14.7 Å². The quantitative estimate of drug-likeness (QED) is 0.797. The standard InChI is InChI=1S/C11H7Cl2NO3/c12-7-1-4(2-8(13)9(7)15)14-10(16)5-3-6(5)11(14)17/h1-2,5-6,15H,3H2. The van der Waals surface area contributed by atoms with E-state index in [2.05, 4.69) is 0 Å². The van der Waals surface area contributed by atoms with Crippen LogP contribution in [0, 0.1) is 11.8 Å². The molecule has 2 aliphatic rings. The Kier molecular flexibility index (Phi) is 2.15. The fraction of sp³-hybridized carbons (Fsp3) is 0.273. The second-order valence-corrected chi connectivity index (χ2v) is 5.03. The number of aromatic hydroxyl groups is 1. The molecule has 2 fully saturated rings. The molecule has 0 bridgehead atoms. The smallest absolute Gasteiger partial charge is 0.237 e. The summed E-state index contributed by atoms with van der Waals surface area (Å²) in [6.45, 7) is 0. The molecule has 88 valence electrons. The van der Waals surface area contributed by atoms with Crippen molar-refractivity contribution in [3.05, 3.63) is 22.2 Å². The van der Waals surface area contributed by atoms with E-state index in [0.29, 0.717) is 12.1 Å². The highest BCUT2D eigenvalue weighted by atomic mass is 35.5. The van der Waals surface area contributed by atoms with Crippen LogP contribution in [0.25, 0.3) is 0 Å². The van der Waals surface area contributed by atoms with Crippen LogP contribution in [0.1, 0.15) is 6.42 Å². The molecule has 0 radical (unpaired) electrons. The molecule has 6 heteroatoms. The Morgan fingerprint density at radius 2 is 1.59 bits per heavy atom. The highest BCUT2D eigenvalue weighted by molar-refractivity contribution is 6.38. The first-order valence-electron chi connectivity index (χ1n) is 5.06. The van der Waals surface area contributed by atoms with Crippen molar-refractivity contribution in [2.75, 3.05) is 4.90 Å². The van der Waals surface area contributed by atoms with Crippen LogP contribution >= 0.6 is 23.2 Å². The topological polar surface area (TPSA) is 57.6 Å². The molecule has 1 aromatic carbocycles. The molecule has 1 aliphatic heterocycles. The summed E-state index contributed by atoms with van der Waals surface area (Å²) in [6.07, 6.45) is 0.647. The molecule has 2 amide bonds. The van der Waals surface area contributed by atoms with Gasteiger partial charge in [-0.25, -0.2) is 4.90 Å². The van der Waals surface area contributed by atoms with Gasteiger partial charge in [0, 0.05) is 0 Å². The van der Waals surface area contributed by atoms with E-state index in [4.69, 9.17) is 23.2 Å². The van der Waals surface area contributed by atoms with Gasteiger partial charge in [0.2, 0.25) is 11.8 Å². The van der Waals surface area contributed by atoms with Gasteiger partial charge in [0.05, 0.1) is 27.6 Å². The largest absolute Gasteiger partial charge is 0.505 e. The Hall–Kier alpha value is -1.26. The van der Waals surface area contributed by atoms with Crippen molar-refractivity contribution in [3.8, 4) is 5.75 Å². The number of rotatable bonds is 1. The van der Waals surface area contributed by atoms with Gasteiger partial charge in [0.1, 0.15) is 0 Å². The number of hydrogen-bond donors (Lipinski definition) is 1. The van der Waals surface area contributed by atoms with Crippen molar-refractivity contribution >= 4 is 40.7 Å². The predicted molar refractivity (Wildman–Crippen MR) is 62.2 cm³/mol. The molecule has 1 saturated heterocycles. The molecule has 1 N–H and O–H groups in total. The van der Waals surface area contributed by atoms with Crippen LogP contribution in [0.3, 0.4) is 0 Å². The normalized spacial score (nSPS) is 26.4. The molecular formula is C11H7Cl2NO3. The zero-order valence-corrected chi connectivity index (χ0v) is 10.00. The number of anilines is 1. The van der Waals surface area contributed by atoms with Gasteiger partial charge in [-0.2, -0.15) is 0 Å². The van der Waals surface area contributed by atoms with E-state index in [1.54, 1.807) is 0 Å². The molecule has 1 heterocycles. The third kappa shape index (κ3) is 1.44. The summed E-state index contributed by atoms with van der Waals surface area (Å²) in [5.74, 6) is -1.01. The van der Waals surface area contributed by atoms with Crippen molar-refractivity contribution in [2.24, 2.45) is 11.8 Å². The van der Waals surface area contributed by atoms with Gasteiger partial charge in [0.15, 0.2) is 5.75 Å². The Balaban J connectivity index is 2.05. The Morgan fingerprint density at radius 3 is 2.06 bits per heavy atom. The van der Waals surface area contributed by atoms with Crippen LogP contribution in [-0.2, 0) is 9.59 Å². The number of imide groups is 1. The van der Waals surface area contributed by atoms with Gasteiger partial charge in [-0.1, -0.05) is 23.2 Å². The second kappa shape index (κ2) is 3.37. The minimum absolute atomic E-state index is 0.0219. The number of amides is 2. The number of hydrogen-bond acceptors (Lipinski definition) is 3. The first kappa shape index (κ1) is 10.9. The van der Waals surface area contributed by atoms with E-state index >= 15 is 0 Å². The minimum Gasteiger partial charge on any atom is -0.505 e. The van der Waals surface area contributed by atoms with Crippen LogP contribution in [0.15, 0.2) is 12.1 Å². The van der Waals surface area contributed by atoms with E-state index in [9.17, 15) is 14.7 Å².